The lowest BCUT2D eigenvalue weighted by Gasteiger charge is -2.14. The first-order valence-electron chi connectivity index (χ1n) is 8.07. The van der Waals surface area contributed by atoms with Gasteiger partial charge in [0.25, 0.3) is 0 Å². The predicted octanol–water partition coefficient (Wildman–Crippen LogP) is 2.46. The van der Waals surface area contributed by atoms with Crippen LogP contribution in [0.2, 0.25) is 0 Å². The smallest absolute Gasteiger partial charge is 0.209 e. The Bertz CT molecular complexity index is 1060. The second-order valence-corrected chi connectivity index (χ2v) is 7.92. The summed E-state index contributed by atoms with van der Waals surface area (Å²) in [4.78, 5) is 8.53. The number of aromatic nitrogens is 3. The molecule has 0 amide bonds. The van der Waals surface area contributed by atoms with Crippen molar-refractivity contribution in [3.63, 3.8) is 0 Å². The highest BCUT2D eigenvalue weighted by molar-refractivity contribution is 7.88. The Morgan fingerprint density at radius 3 is 2.65 bits per heavy atom. The van der Waals surface area contributed by atoms with Crippen LogP contribution in [-0.2, 0) is 30.0 Å². The fourth-order valence-corrected chi connectivity index (χ4v) is 3.08. The van der Waals surface area contributed by atoms with Gasteiger partial charge in [-0.2, -0.15) is 0 Å². The number of halogens is 1. The summed E-state index contributed by atoms with van der Waals surface area (Å²) in [6, 6.07) is 4.88. The van der Waals surface area contributed by atoms with Gasteiger partial charge in [0.15, 0.2) is 0 Å². The van der Waals surface area contributed by atoms with E-state index in [9.17, 15) is 12.8 Å². The minimum absolute atomic E-state index is 0.0861. The third kappa shape index (κ3) is 4.00. The van der Waals surface area contributed by atoms with Gasteiger partial charge in [-0.25, -0.2) is 27.5 Å². The number of benzene rings is 1. The van der Waals surface area contributed by atoms with Crippen molar-refractivity contribution in [1.82, 2.24) is 19.3 Å². The highest BCUT2D eigenvalue weighted by Crippen LogP contribution is 2.25. The van der Waals surface area contributed by atoms with Crippen molar-refractivity contribution >= 4 is 32.6 Å². The fraction of sp³-hybridized carbons (Fsp3) is 0.294. The molecule has 0 aliphatic rings. The molecule has 0 atom stereocenters. The van der Waals surface area contributed by atoms with Crippen LogP contribution in [0.5, 0.6) is 0 Å². The van der Waals surface area contributed by atoms with Crippen LogP contribution in [0, 0.1) is 5.82 Å². The molecule has 0 saturated heterocycles. The third-order valence-electron chi connectivity index (χ3n) is 4.05. The minimum atomic E-state index is -3.39. The molecule has 0 unspecified atom stereocenters. The van der Waals surface area contributed by atoms with Crippen LogP contribution in [0.1, 0.15) is 18.1 Å². The number of hydrogen-bond donors (Lipinski definition) is 2. The molecule has 26 heavy (non-hydrogen) atoms. The van der Waals surface area contributed by atoms with Crippen molar-refractivity contribution < 1.29 is 12.8 Å². The molecule has 7 nitrogen and oxygen atoms in total. The van der Waals surface area contributed by atoms with E-state index in [-0.39, 0.29) is 6.54 Å². The molecule has 0 bridgehead atoms. The Kier molecular flexibility index (Phi) is 4.92. The van der Waals surface area contributed by atoms with E-state index >= 15 is 0 Å². The molecule has 1 aromatic carbocycles. The molecule has 138 valence electrons. The number of rotatable bonds is 6. The first-order valence-corrected chi connectivity index (χ1v) is 9.96. The summed E-state index contributed by atoms with van der Waals surface area (Å²) >= 11 is 0. The maximum atomic E-state index is 14.4. The van der Waals surface area contributed by atoms with E-state index in [2.05, 4.69) is 20.0 Å². The van der Waals surface area contributed by atoms with Crippen LogP contribution in [0.4, 0.5) is 15.9 Å². The summed E-state index contributed by atoms with van der Waals surface area (Å²) in [6.45, 7) is 1.86. The fourth-order valence-electron chi connectivity index (χ4n) is 2.66. The Morgan fingerprint density at radius 2 is 1.96 bits per heavy atom. The number of imidazole rings is 1. The molecule has 0 saturated carbocycles. The number of hydrogen-bond acceptors (Lipinski definition) is 5. The average Bonchev–Trinajstić information content (AvgIpc) is 2.94. The monoisotopic (exact) mass is 377 g/mol. The lowest BCUT2D eigenvalue weighted by Crippen LogP contribution is -2.22. The molecule has 2 N–H and O–H groups in total. The van der Waals surface area contributed by atoms with Crippen LogP contribution in [0.15, 0.2) is 30.7 Å². The quantitative estimate of drug-likeness (QED) is 0.689. The van der Waals surface area contributed by atoms with Crippen LogP contribution in [-0.4, -0.2) is 29.2 Å². The van der Waals surface area contributed by atoms with Crippen molar-refractivity contribution in [2.75, 3.05) is 11.6 Å². The Balaban J connectivity index is 1.91. The van der Waals surface area contributed by atoms with Gasteiger partial charge in [-0.3, -0.25) is 0 Å². The van der Waals surface area contributed by atoms with E-state index in [1.165, 1.54) is 6.07 Å². The van der Waals surface area contributed by atoms with Gasteiger partial charge in [-0.1, -0.05) is 6.92 Å². The molecule has 0 aliphatic carbocycles. The standard InChI is InChI=1S/C17H20FN5O2S/c1-4-11-5-12(8-21-26(3,24)25)13(18)6-14(11)22-17-7-16-15(9-19-17)20-10-23(16)2/h5-7,9-10,21H,4,8H2,1-3H3,(H,19,22). The van der Waals surface area contributed by atoms with Crippen molar-refractivity contribution in [2.45, 2.75) is 19.9 Å². The number of aryl methyl sites for hydroxylation is 2. The zero-order valence-corrected chi connectivity index (χ0v) is 15.6. The number of pyridine rings is 1. The lowest BCUT2D eigenvalue weighted by molar-refractivity contribution is 0.579. The van der Waals surface area contributed by atoms with Crippen LogP contribution in [0.25, 0.3) is 11.0 Å². The number of nitrogens with one attached hydrogen (secondary N) is 2. The SMILES string of the molecule is CCc1cc(CNS(C)(=O)=O)c(F)cc1Nc1cc2c(cn1)ncn2C. The van der Waals surface area contributed by atoms with Crippen molar-refractivity contribution in [3.05, 3.63) is 47.7 Å². The molecule has 2 aromatic heterocycles. The second-order valence-electron chi connectivity index (χ2n) is 6.09. The van der Waals surface area contributed by atoms with Crippen molar-refractivity contribution in [1.29, 1.82) is 0 Å². The highest BCUT2D eigenvalue weighted by atomic mass is 32.2. The highest BCUT2D eigenvalue weighted by Gasteiger charge is 2.12. The zero-order valence-electron chi connectivity index (χ0n) is 14.7. The molecular weight excluding hydrogens is 357 g/mol. The summed E-state index contributed by atoms with van der Waals surface area (Å²) in [5.41, 5.74) is 3.45. The van der Waals surface area contributed by atoms with Gasteiger partial charge in [0.1, 0.15) is 17.2 Å². The van der Waals surface area contributed by atoms with E-state index in [1.54, 1.807) is 18.6 Å². The topological polar surface area (TPSA) is 88.9 Å². The maximum absolute atomic E-state index is 14.4. The Morgan fingerprint density at radius 1 is 1.19 bits per heavy atom. The third-order valence-corrected chi connectivity index (χ3v) is 4.72. The van der Waals surface area contributed by atoms with Crippen LogP contribution in [0.3, 0.4) is 0 Å². The van der Waals surface area contributed by atoms with Gasteiger partial charge >= 0.3 is 0 Å². The maximum Gasteiger partial charge on any atom is 0.209 e. The van der Waals surface area contributed by atoms with Crippen molar-refractivity contribution in [3.8, 4) is 0 Å². The van der Waals surface area contributed by atoms with Gasteiger partial charge < -0.3 is 9.88 Å². The first-order chi connectivity index (χ1) is 12.3. The van der Waals surface area contributed by atoms with E-state index in [0.717, 1.165) is 22.9 Å². The first kappa shape index (κ1) is 18.3. The number of sulfonamides is 1. The Hall–Kier alpha value is -2.52. The molecule has 2 heterocycles. The van der Waals surface area contributed by atoms with E-state index in [4.69, 9.17) is 0 Å². The average molecular weight is 377 g/mol. The van der Waals surface area contributed by atoms with E-state index in [0.29, 0.717) is 23.5 Å². The van der Waals surface area contributed by atoms with Crippen LogP contribution < -0.4 is 10.0 Å². The number of fused-ring (bicyclic) bond motifs is 1. The number of anilines is 2. The zero-order chi connectivity index (χ0) is 18.9. The molecule has 0 fully saturated rings. The summed E-state index contributed by atoms with van der Waals surface area (Å²) in [5, 5.41) is 3.14. The molecule has 9 heteroatoms. The summed E-state index contributed by atoms with van der Waals surface area (Å²) in [6.07, 6.45) is 5.06. The van der Waals surface area contributed by atoms with Gasteiger partial charge in [0.05, 0.1) is 24.3 Å². The van der Waals surface area contributed by atoms with Crippen molar-refractivity contribution in [2.24, 2.45) is 7.05 Å². The molecule has 0 radical (unpaired) electrons. The summed E-state index contributed by atoms with van der Waals surface area (Å²) < 4.78 is 41.1. The van der Waals surface area contributed by atoms with Gasteiger partial charge in [-0.15, -0.1) is 0 Å². The summed E-state index contributed by atoms with van der Waals surface area (Å²) in [7, 11) is -1.50. The molecule has 3 aromatic rings. The van der Waals surface area contributed by atoms with E-state index < -0.39 is 15.8 Å². The number of nitrogens with zero attached hydrogens (tertiary/aromatic N) is 3. The second kappa shape index (κ2) is 7.00. The molecular formula is C17H20FN5O2S. The molecule has 0 aliphatic heterocycles. The molecule has 3 rings (SSSR count). The molecule has 0 spiro atoms. The van der Waals surface area contributed by atoms with Crippen LogP contribution >= 0.6 is 0 Å². The lowest BCUT2D eigenvalue weighted by atomic mass is 10.1. The predicted molar refractivity (Wildman–Crippen MR) is 99.3 cm³/mol. The van der Waals surface area contributed by atoms with Gasteiger partial charge in [-0.05, 0) is 24.1 Å². The van der Waals surface area contributed by atoms with E-state index in [1.807, 2.05) is 24.6 Å². The largest absolute Gasteiger partial charge is 0.340 e. The van der Waals surface area contributed by atoms with Gasteiger partial charge in [0, 0.05) is 30.9 Å². The summed E-state index contributed by atoms with van der Waals surface area (Å²) in [5.74, 6) is 0.0969. The normalized spacial score (nSPS) is 11.8. The Labute approximate surface area is 151 Å². The minimum Gasteiger partial charge on any atom is -0.340 e. The van der Waals surface area contributed by atoms with Gasteiger partial charge in [0.2, 0.25) is 10.0 Å².